The van der Waals surface area contributed by atoms with Gasteiger partial charge in [0.05, 0.1) is 5.03 Å². The van der Waals surface area contributed by atoms with Crippen LogP contribution in [-0.4, -0.2) is 22.1 Å². The molecule has 1 aromatic rings. The van der Waals surface area contributed by atoms with Gasteiger partial charge in [-0.25, -0.2) is 0 Å². The van der Waals surface area contributed by atoms with E-state index in [0.717, 1.165) is 5.03 Å². The fourth-order valence-corrected chi connectivity index (χ4v) is 0.481. The summed E-state index contributed by atoms with van der Waals surface area (Å²) in [6, 6.07) is 3.80. The molecular formula is C4H7NSSe. The molecule has 0 spiro atoms. The van der Waals surface area contributed by atoms with E-state index in [4.69, 9.17) is 0 Å². The van der Waals surface area contributed by atoms with Gasteiger partial charge in [0.25, 0.3) is 0 Å². The first-order chi connectivity index (χ1) is 2.89. The molecule has 1 heterocycles. The van der Waals surface area contributed by atoms with Gasteiger partial charge in [0.1, 0.15) is 0 Å². The van der Waals surface area contributed by atoms with Crippen molar-refractivity contribution in [1.82, 2.24) is 4.98 Å². The van der Waals surface area contributed by atoms with Crippen LogP contribution in [0.5, 0.6) is 0 Å². The van der Waals surface area contributed by atoms with Crippen LogP contribution in [0.15, 0.2) is 23.4 Å². The Morgan fingerprint density at radius 3 is 2.43 bits per heavy atom. The molecule has 7 heavy (non-hydrogen) atoms. The molecule has 40 valence electrons. The molecule has 0 fully saturated rings. The van der Waals surface area contributed by atoms with Crippen LogP contribution >= 0.6 is 12.6 Å². The first-order valence-corrected chi connectivity index (χ1v) is 2.16. The normalized spacial score (nSPS) is 7.57. The average Bonchev–Trinajstić information content (AvgIpc) is 1.86. The van der Waals surface area contributed by atoms with E-state index in [9.17, 15) is 0 Å². The number of hydrogen-bond donors (Lipinski definition) is 2. The fraction of sp³-hybridized carbons (Fsp3) is 0. The van der Waals surface area contributed by atoms with Gasteiger partial charge in [0, 0.05) is 6.20 Å². The monoisotopic (exact) mass is 181 g/mol. The summed E-state index contributed by atoms with van der Waals surface area (Å²) in [5.74, 6) is 0. The van der Waals surface area contributed by atoms with Crippen LogP contribution in [0.3, 0.4) is 0 Å². The second-order valence-electron chi connectivity index (χ2n) is 1.06. The summed E-state index contributed by atoms with van der Waals surface area (Å²) in [7, 11) is 0. The molecule has 3 heteroatoms. The molecule has 1 N–H and O–H groups in total. The first kappa shape index (κ1) is 7.15. The van der Waals surface area contributed by atoms with Crippen LogP contribution in [0, 0.1) is 0 Å². The predicted octanol–water partition coefficient (Wildman–Crippen LogP) is 0.387. The molecule has 1 rings (SSSR count). The van der Waals surface area contributed by atoms with Crippen LogP contribution < -0.4 is 0 Å². The number of thiol groups is 1. The van der Waals surface area contributed by atoms with Gasteiger partial charge in [-0.3, -0.25) is 0 Å². The molecule has 0 atom stereocenters. The van der Waals surface area contributed by atoms with Gasteiger partial charge in [0.15, 0.2) is 0 Å². The Morgan fingerprint density at radius 1 is 1.57 bits per heavy atom. The molecule has 0 aromatic carbocycles. The van der Waals surface area contributed by atoms with Crippen LogP contribution in [0.2, 0.25) is 0 Å². The van der Waals surface area contributed by atoms with Gasteiger partial charge >= 0.3 is 17.1 Å². The molecule has 0 aliphatic rings. The summed E-state index contributed by atoms with van der Waals surface area (Å²) in [6.07, 6.45) is 1.84. The molecular weight excluding hydrogens is 173 g/mol. The van der Waals surface area contributed by atoms with Crippen molar-refractivity contribution in [3.63, 3.8) is 0 Å². The van der Waals surface area contributed by atoms with Crippen molar-refractivity contribution in [1.29, 1.82) is 0 Å². The Balaban J connectivity index is 0.000000360. The molecule has 0 aliphatic carbocycles. The van der Waals surface area contributed by atoms with Crippen LogP contribution in [-0.2, 0) is 0 Å². The third kappa shape index (κ3) is 2.07. The van der Waals surface area contributed by atoms with Gasteiger partial charge in [0.2, 0.25) is 0 Å². The zero-order valence-corrected chi connectivity index (χ0v) is 6.67. The average molecular weight is 180 g/mol. The fourth-order valence-electron chi connectivity index (χ4n) is 0.321. The number of nitrogens with one attached hydrogen (secondary N) is 1. The van der Waals surface area contributed by atoms with Gasteiger partial charge in [-0.05, 0) is 12.1 Å². The van der Waals surface area contributed by atoms with Gasteiger partial charge in [-0.15, -0.1) is 12.6 Å². The Labute approximate surface area is 58.4 Å². The summed E-state index contributed by atoms with van der Waals surface area (Å²) in [5, 5.41) is 0.912. The van der Waals surface area contributed by atoms with E-state index < -0.39 is 0 Å². The second-order valence-corrected chi connectivity index (χ2v) is 1.54. The molecule has 0 unspecified atom stereocenters. The van der Waals surface area contributed by atoms with Crippen molar-refractivity contribution >= 4 is 29.7 Å². The summed E-state index contributed by atoms with van der Waals surface area (Å²) in [5.41, 5.74) is 0. The topological polar surface area (TPSA) is 15.8 Å². The third-order valence-corrected chi connectivity index (χ3v) is 0.860. The zero-order valence-electron chi connectivity index (χ0n) is 3.68. The first-order valence-electron chi connectivity index (χ1n) is 1.72. The van der Waals surface area contributed by atoms with Crippen molar-refractivity contribution in [2.45, 2.75) is 5.03 Å². The van der Waals surface area contributed by atoms with Gasteiger partial charge < -0.3 is 4.98 Å². The Morgan fingerprint density at radius 2 is 2.29 bits per heavy atom. The molecule has 0 bridgehead atoms. The second kappa shape index (κ2) is 3.19. The number of rotatable bonds is 0. The van der Waals surface area contributed by atoms with Crippen molar-refractivity contribution in [3.05, 3.63) is 18.3 Å². The predicted molar refractivity (Wildman–Crippen MR) is 36.6 cm³/mol. The van der Waals surface area contributed by atoms with Gasteiger partial charge in [-0.2, -0.15) is 0 Å². The Kier molecular flexibility index (Phi) is 3.26. The van der Waals surface area contributed by atoms with E-state index >= 15 is 0 Å². The van der Waals surface area contributed by atoms with Crippen molar-refractivity contribution in [2.75, 3.05) is 0 Å². The molecule has 0 amide bonds. The van der Waals surface area contributed by atoms with E-state index in [-0.39, 0.29) is 17.1 Å². The van der Waals surface area contributed by atoms with E-state index in [1.165, 1.54) is 0 Å². The van der Waals surface area contributed by atoms with Crippen LogP contribution in [0.4, 0.5) is 0 Å². The summed E-state index contributed by atoms with van der Waals surface area (Å²) < 4.78 is 0. The maximum absolute atomic E-state index is 3.98. The van der Waals surface area contributed by atoms with E-state index in [0.29, 0.717) is 0 Å². The zero-order chi connectivity index (χ0) is 4.41. The van der Waals surface area contributed by atoms with Crippen molar-refractivity contribution in [2.24, 2.45) is 0 Å². The third-order valence-electron chi connectivity index (χ3n) is 0.582. The van der Waals surface area contributed by atoms with Crippen LogP contribution in [0.25, 0.3) is 0 Å². The number of aromatic nitrogens is 1. The summed E-state index contributed by atoms with van der Waals surface area (Å²) in [4.78, 5) is 2.86. The molecule has 0 saturated carbocycles. The minimum absolute atomic E-state index is 0. The number of H-pyrrole nitrogens is 1. The number of aromatic amines is 1. The number of hydrogen-bond acceptors (Lipinski definition) is 1. The van der Waals surface area contributed by atoms with Crippen LogP contribution in [0.1, 0.15) is 0 Å². The molecule has 1 nitrogen and oxygen atoms in total. The molecule has 0 saturated heterocycles. The van der Waals surface area contributed by atoms with Crippen molar-refractivity contribution in [3.8, 4) is 0 Å². The van der Waals surface area contributed by atoms with E-state index in [1.807, 2.05) is 18.3 Å². The SMILES string of the molecule is Sc1ccc[nH]1.[SeH2]. The van der Waals surface area contributed by atoms with Gasteiger partial charge in [-0.1, -0.05) is 0 Å². The Bertz CT molecular complexity index is 115. The van der Waals surface area contributed by atoms with E-state index in [1.54, 1.807) is 0 Å². The Hall–Kier alpha value is 0.149. The minimum atomic E-state index is 0. The maximum atomic E-state index is 3.98. The molecule has 0 aliphatic heterocycles. The summed E-state index contributed by atoms with van der Waals surface area (Å²) in [6.45, 7) is 0. The standard InChI is InChI=1S/C4H5NS.H2Se/c6-4-2-1-3-5-4;/h1-3,5-6H;1H2. The quantitative estimate of drug-likeness (QED) is 0.424. The van der Waals surface area contributed by atoms with Crippen molar-refractivity contribution < 1.29 is 0 Å². The molecule has 1 aromatic heterocycles. The summed E-state index contributed by atoms with van der Waals surface area (Å²) >= 11 is 3.98. The van der Waals surface area contributed by atoms with E-state index in [2.05, 4.69) is 17.6 Å². The molecule has 0 radical (unpaired) electrons.